The van der Waals surface area contributed by atoms with Crippen LogP contribution in [0.25, 0.3) is 0 Å². The van der Waals surface area contributed by atoms with Crippen LogP contribution in [0.3, 0.4) is 0 Å². The Morgan fingerprint density at radius 2 is 1.71 bits per heavy atom. The summed E-state index contributed by atoms with van der Waals surface area (Å²) in [5, 5.41) is 12.0. The molecule has 3 aromatic carbocycles. The standard InChI is InChI=1S/C25H22ClNO4/c1-2-31-20-13-9-18(10-14-20)23(28)15-25(30)21-5-3-4-6-22(21)27(24(25)29)16-17-7-11-19(26)12-8-17/h3-14,30H,2,15-16H2,1H3/t25-/m0/s1. The molecule has 4 rings (SSSR count). The van der Waals surface area contributed by atoms with Gasteiger partial charge in [0.15, 0.2) is 11.4 Å². The molecule has 1 N–H and O–H groups in total. The quantitative estimate of drug-likeness (QED) is 0.544. The zero-order chi connectivity index (χ0) is 22.0. The Bertz CT molecular complexity index is 1110. The van der Waals surface area contributed by atoms with E-state index in [9.17, 15) is 14.7 Å². The van der Waals surface area contributed by atoms with Gasteiger partial charge in [0.05, 0.1) is 25.3 Å². The van der Waals surface area contributed by atoms with Gasteiger partial charge in [0.2, 0.25) is 0 Å². The topological polar surface area (TPSA) is 66.8 Å². The predicted octanol–water partition coefficient (Wildman–Crippen LogP) is 4.75. The number of rotatable bonds is 7. The number of hydrogen-bond donors (Lipinski definition) is 1. The molecule has 0 spiro atoms. The van der Waals surface area contributed by atoms with Crippen molar-refractivity contribution < 1.29 is 19.4 Å². The summed E-state index contributed by atoms with van der Waals surface area (Å²) < 4.78 is 5.41. The molecule has 0 aliphatic carbocycles. The van der Waals surface area contributed by atoms with Gasteiger partial charge in [0.1, 0.15) is 5.75 Å². The molecule has 31 heavy (non-hydrogen) atoms. The Kier molecular flexibility index (Phi) is 5.81. The third kappa shape index (κ3) is 4.07. The lowest BCUT2D eigenvalue weighted by atomic mass is 9.88. The minimum Gasteiger partial charge on any atom is -0.494 e. The molecule has 1 aliphatic rings. The molecule has 1 amide bonds. The number of halogens is 1. The molecule has 1 aliphatic heterocycles. The average molecular weight is 436 g/mol. The van der Waals surface area contributed by atoms with Crippen molar-refractivity contribution in [2.24, 2.45) is 0 Å². The summed E-state index contributed by atoms with van der Waals surface area (Å²) in [6, 6.07) is 20.9. The highest BCUT2D eigenvalue weighted by Gasteiger charge is 2.50. The molecule has 0 unspecified atom stereocenters. The van der Waals surface area contributed by atoms with Crippen molar-refractivity contribution in [1.29, 1.82) is 0 Å². The number of ketones is 1. The van der Waals surface area contributed by atoms with Gasteiger partial charge in [-0.15, -0.1) is 0 Å². The third-order valence-corrected chi connectivity index (χ3v) is 5.65. The number of carbonyl (C=O) groups excluding carboxylic acids is 2. The average Bonchev–Trinajstić information content (AvgIpc) is 2.98. The number of amides is 1. The Morgan fingerprint density at radius 1 is 1.03 bits per heavy atom. The molecule has 1 atom stereocenters. The van der Waals surface area contributed by atoms with Gasteiger partial charge in [-0.2, -0.15) is 0 Å². The smallest absolute Gasteiger partial charge is 0.264 e. The van der Waals surface area contributed by atoms with Crippen LogP contribution in [0.5, 0.6) is 5.75 Å². The van der Waals surface area contributed by atoms with Crippen molar-refractivity contribution in [3.63, 3.8) is 0 Å². The third-order valence-electron chi connectivity index (χ3n) is 5.40. The lowest BCUT2D eigenvalue weighted by Gasteiger charge is -2.23. The Balaban J connectivity index is 1.61. The summed E-state index contributed by atoms with van der Waals surface area (Å²) in [5.74, 6) is -0.167. The van der Waals surface area contributed by atoms with Gasteiger partial charge in [-0.3, -0.25) is 9.59 Å². The minimum atomic E-state index is -1.92. The lowest BCUT2D eigenvalue weighted by Crippen LogP contribution is -2.41. The Hall–Kier alpha value is -3.15. The maximum Gasteiger partial charge on any atom is 0.264 e. The van der Waals surface area contributed by atoms with Crippen LogP contribution < -0.4 is 9.64 Å². The van der Waals surface area contributed by atoms with Crippen LogP contribution in [0.2, 0.25) is 5.02 Å². The molecule has 0 radical (unpaired) electrons. The fraction of sp³-hybridized carbons (Fsp3) is 0.200. The molecular formula is C25H22ClNO4. The Labute approximate surface area is 185 Å². The van der Waals surface area contributed by atoms with Crippen molar-refractivity contribution in [2.75, 3.05) is 11.5 Å². The number of para-hydroxylation sites is 1. The molecule has 3 aromatic rings. The van der Waals surface area contributed by atoms with Crippen molar-refractivity contribution in [1.82, 2.24) is 0 Å². The van der Waals surface area contributed by atoms with Gasteiger partial charge >= 0.3 is 0 Å². The predicted molar refractivity (Wildman–Crippen MR) is 120 cm³/mol. The van der Waals surface area contributed by atoms with Crippen LogP contribution in [-0.4, -0.2) is 23.4 Å². The molecular weight excluding hydrogens is 414 g/mol. The van der Waals surface area contributed by atoms with E-state index in [2.05, 4.69) is 0 Å². The maximum atomic E-state index is 13.3. The van der Waals surface area contributed by atoms with E-state index in [1.807, 2.05) is 19.1 Å². The normalized spacial score (nSPS) is 17.5. The number of benzene rings is 3. The van der Waals surface area contributed by atoms with E-state index in [-0.39, 0.29) is 18.7 Å². The van der Waals surface area contributed by atoms with Crippen molar-refractivity contribution >= 4 is 29.0 Å². The van der Waals surface area contributed by atoms with Gasteiger partial charge in [0, 0.05) is 16.1 Å². The van der Waals surface area contributed by atoms with Crippen molar-refractivity contribution in [3.8, 4) is 5.75 Å². The van der Waals surface area contributed by atoms with Gasteiger partial charge in [-0.05, 0) is 55.0 Å². The first-order valence-electron chi connectivity index (χ1n) is 10.1. The summed E-state index contributed by atoms with van der Waals surface area (Å²) in [4.78, 5) is 27.8. The minimum absolute atomic E-state index is 0.270. The Morgan fingerprint density at radius 3 is 2.39 bits per heavy atom. The van der Waals surface area contributed by atoms with E-state index in [0.717, 1.165) is 5.56 Å². The highest BCUT2D eigenvalue weighted by atomic mass is 35.5. The van der Waals surface area contributed by atoms with Crippen molar-refractivity contribution in [2.45, 2.75) is 25.5 Å². The second kappa shape index (κ2) is 8.53. The lowest BCUT2D eigenvalue weighted by molar-refractivity contribution is -0.136. The number of anilines is 1. The van der Waals surface area contributed by atoms with E-state index in [1.165, 1.54) is 4.90 Å². The van der Waals surface area contributed by atoms with Crippen LogP contribution in [0, 0.1) is 0 Å². The van der Waals surface area contributed by atoms with Gasteiger partial charge in [-0.1, -0.05) is 41.9 Å². The highest BCUT2D eigenvalue weighted by molar-refractivity contribution is 6.30. The molecule has 0 aromatic heterocycles. The van der Waals surface area contributed by atoms with Crippen LogP contribution >= 0.6 is 11.6 Å². The van der Waals surface area contributed by atoms with E-state index >= 15 is 0 Å². The van der Waals surface area contributed by atoms with Gasteiger partial charge in [0.25, 0.3) is 5.91 Å². The molecule has 6 heteroatoms. The summed E-state index contributed by atoms with van der Waals surface area (Å²) in [6.45, 7) is 2.68. The number of carbonyl (C=O) groups is 2. The molecule has 0 saturated carbocycles. The molecule has 158 valence electrons. The van der Waals surface area contributed by atoms with E-state index in [1.54, 1.807) is 60.7 Å². The fourth-order valence-electron chi connectivity index (χ4n) is 3.84. The molecule has 5 nitrogen and oxygen atoms in total. The largest absolute Gasteiger partial charge is 0.494 e. The SMILES string of the molecule is CCOc1ccc(C(=O)C[C@@]2(O)C(=O)N(Cc3ccc(Cl)cc3)c3ccccc32)cc1. The number of ether oxygens (including phenoxy) is 1. The van der Waals surface area contributed by atoms with Gasteiger partial charge < -0.3 is 14.7 Å². The first-order chi connectivity index (χ1) is 14.9. The number of hydrogen-bond acceptors (Lipinski definition) is 4. The van der Waals surface area contributed by atoms with Gasteiger partial charge in [-0.25, -0.2) is 0 Å². The zero-order valence-electron chi connectivity index (χ0n) is 17.0. The number of nitrogens with zero attached hydrogens (tertiary/aromatic N) is 1. The first-order valence-corrected chi connectivity index (χ1v) is 10.4. The van der Waals surface area contributed by atoms with E-state index in [0.29, 0.717) is 34.2 Å². The molecule has 0 fully saturated rings. The summed E-state index contributed by atoms with van der Waals surface area (Å²) in [7, 11) is 0. The molecule has 0 bridgehead atoms. The second-order valence-electron chi connectivity index (χ2n) is 7.45. The maximum absolute atomic E-state index is 13.3. The second-order valence-corrected chi connectivity index (χ2v) is 7.89. The van der Waals surface area contributed by atoms with E-state index in [4.69, 9.17) is 16.3 Å². The summed E-state index contributed by atoms with van der Waals surface area (Å²) in [5.41, 5.74) is 0.407. The number of fused-ring (bicyclic) bond motifs is 1. The van der Waals surface area contributed by atoms with Crippen LogP contribution in [0.15, 0.2) is 72.8 Å². The fourth-order valence-corrected chi connectivity index (χ4v) is 3.97. The highest BCUT2D eigenvalue weighted by Crippen LogP contribution is 2.43. The monoisotopic (exact) mass is 435 g/mol. The summed E-state index contributed by atoms with van der Waals surface area (Å²) in [6.07, 6.45) is -0.339. The molecule has 0 saturated heterocycles. The first kappa shape index (κ1) is 21.1. The number of Topliss-reactive ketones (excluding diaryl/α,β-unsaturated/α-hetero) is 1. The van der Waals surface area contributed by atoms with E-state index < -0.39 is 11.5 Å². The van der Waals surface area contributed by atoms with Crippen LogP contribution in [0.1, 0.15) is 34.8 Å². The van der Waals surface area contributed by atoms with Crippen LogP contribution in [0.4, 0.5) is 5.69 Å². The summed E-state index contributed by atoms with van der Waals surface area (Å²) >= 11 is 5.96. The number of aliphatic hydroxyl groups is 1. The van der Waals surface area contributed by atoms with Crippen LogP contribution in [-0.2, 0) is 16.9 Å². The zero-order valence-corrected chi connectivity index (χ0v) is 17.8. The van der Waals surface area contributed by atoms with Crippen molar-refractivity contribution in [3.05, 3.63) is 94.5 Å². The molecule has 1 heterocycles.